The van der Waals surface area contributed by atoms with Crippen LogP contribution in [0.1, 0.15) is 40.0 Å². The molecule has 2 aromatic carbocycles. The lowest BCUT2D eigenvalue weighted by atomic mass is 9.89. The van der Waals surface area contributed by atoms with Gasteiger partial charge in [0.1, 0.15) is 0 Å². The van der Waals surface area contributed by atoms with Crippen molar-refractivity contribution in [1.29, 1.82) is 0 Å². The van der Waals surface area contributed by atoms with Gasteiger partial charge in [-0.1, -0.05) is 42.5 Å². The second-order valence-corrected chi connectivity index (χ2v) is 9.25. The summed E-state index contributed by atoms with van der Waals surface area (Å²) in [4.78, 5) is 22.6. The predicted molar refractivity (Wildman–Crippen MR) is 130 cm³/mol. The van der Waals surface area contributed by atoms with Gasteiger partial charge < -0.3 is 4.90 Å². The molecular formula is C26H29N3OS. The summed E-state index contributed by atoms with van der Waals surface area (Å²) < 4.78 is 0. The standard InChI is InChI=1S/C26H29N3OS/c1-18-9-11-22(12-10-18)29(25(30)23-8-6-5-7-19(23)2)26-27-24(17-31-26)20(3)21-13-15-28(4)16-14-21/h5-12,17,21H,3,13-16H2,1-2,4H3. The van der Waals surface area contributed by atoms with Gasteiger partial charge in [0.25, 0.3) is 5.91 Å². The lowest BCUT2D eigenvalue weighted by Gasteiger charge is -2.29. The van der Waals surface area contributed by atoms with E-state index >= 15 is 0 Å². The van der Waals surface area contributed by atoms with E-state index in [4.69, 9.17) is 4.98 Å². The van der Waals surface area contributed by atoms with Crippen LogP contribution in [0.3, 0.4) is 0 Å². The van der Waals surface area contributed by atoms with E-state index in [1.165, 1.54) is 11.3 Å². The van der Waals surface area contributed by atoms with Crippen LogP contribution in [0.4, 0.5) is 10.8 Å². The van der Waals surface area contributed by atoms with E-state index in [0.717, 1.165) is 54.0 Å². The first-order valence-electron chi connectivity index (χ1n) is 10.7. The van der Waals surface area contributed by atoms with Gasteiger partial charge in [-0.2, -0.15) is 0 Å². The summed E-state index contributed by atoms with van der Waals surface area (Å²) in [5, 5.41) is 2.73. The Kier molecular flexibility index (Phi) is 6.35. The van der Waals surface area contributed by atoms with E-state index < -0.39 is 0 Å². The quantitative estimate of drug-likeness (QED) is 0.490. The summed E-state index contributed by atoms with van der Waals surface area (Å²) in [5.74, 6) is 0.388. The molecule has 1 amide bonds. The monoisotopic (exact) mass is 431 g/mol. The molecule has 0 bridgehead atoms. The number of nitrogens with zero attached hydrogens (tertiary/aromatic N) is 3. The highest BCUT2D eigenvalue weighted by atomic mass is 32.1. The van der Waals surface area contributed by atoms with Crippen LogP contribution >= 0.6 is 11.3 Å². The first-order chi connectivity index (χ1) is 14.9. The number of piperidine rings is 1. The van der Waals surface area contributed by atoms with Gasteiger partial charge >= 0.3 is 0 Å². The minimum atomic E-state index is -0.0623. The number of likely N-dealkylation sites (tertiary alicyclic amines) is 1. The largest absolute Gasteiger partial charge is 0.306 e. The number of anilines is 2. The van der Waals surface area contributed by atoms with Crippen molar-refractivity contribution < 1.29 is 4.79 Å². The molecule has 1 aliphatic heterocycles. The van der Waals surface area contributed by atoms with E-state index in [2.05, 4.69) is 18.5 Å². The Morgan fingerprint density at radius 1 is 1.10 bits per heavy atom. The van der Waals surface area contributed by atoms with Crippen molar-refractivity contribution in [2.45, 2.75) is 26.7 Å². The molecule has 0 unspecified atom stereocenters. The normalized spacial score (nSPS) is 15.1. The number of rotatable bonds is 5. The zero-order valence-corrected chi connectivity index (χ0v) is 19.3. The molecule has 1 saturated heterocycles. The van der Waals surface area contributed by atoms with Crippen LogP contribution < -0.4 is 4.90 Å². The molecule has 0 spiro atoms. The third kappa shape index (κ3) is 4.63. The lowest BCUT2D eigenvalue weighted by Crippen LogP contribution is -2.30. The average Bonchev–Trinajstić information content (AvgIpc) is 3.25. The zero-order chi connectivity index (χ0) is 22.0. The molecule has 0 radical (unpaired) electrons. The summed E-state index contributed by atoms with van der Waals surface area (Å²) in [7, 11) is 2.16. The number of hydrogen-bond donors (Lipinski definition) is 0. The second kappa shape index (κ2) is 9.16. The maximum absolute atomic E-state index is 13.6. The SMILES string of the molecule is C=C(c1csc(N(C(=O)c2ccccc2C)c2ccc(C)cc2)n1)C1CCN(C)CC1. The fraction of sp³-hybridized carbons (Fsp3) is 0.308. The third-order valence-corrected chi connectivity index (χ3v) is 6.92. The first-order valence-corrected chi connectivity index (χ1v) is 11.6. The molecule has 0 aliphatic carbocycles. The van der Waals surface area contributed by atoms with E-state index in [1.54, 1.807) is 4.90 Å². The number of carbonyl (C=O) groups excluding carboxylic acids is 1. The van der Waals surface area contributed by atoms with Gasteiger partial charge in [0.15, 0.2) is 5.13 Å². The topological polar surface area (TPSA) is 36.4 Å². The number of hydrogen-bond acceptors (Lipinski definition) is 4. The molecular weight excluding hydrogens is 402 g/mol. The maximum Gasteiger partial charge on any atom is 0.264 e. The number of benzene rings is 2. The van der Waals surface area contributed by atoms with Crippen LogP contribution in [0.25, 0.3) is 5.57 Å². The van der Waals surface area contributed by atoms with Crippen molar-refractivity contribution in [3.8, 4) is 0 Å². The van der Waals surface area contributed by atoms with E-state index in [9.17, 15) is 4.79 Å². The zero-order valence-electron chi connectivity index (χ0n) is 18.5. The van der Waals surface area contributed by atoms with Gasteiger partial charge in [-0.25, -0.2) is 4.98 Å². The number of aromatic nitrogens is 1. The van der Waals surface area contributed by atoms with Crippen molar-refractivity contribution in [1.82, 2.24) is 9.88 Å². The molecule has 160 valence electrons. The number of carbonyl (C=O) groups is 1. The average molecular weight is 432 g/mol. The van der Waals surface area contributed by atoms with Crippen molar-refractivity contribution in [2.24, 2.45) is 5.92 Å². The summed E-state index contributed by atoms with van der Waals surface area (Å²) in [6, 6.07) is 15.7. The van der Waals surface area contributed by atoms with Gasteiger partial charge in [-0.15, -0.1) is 11.3 Å². The smallest absolute Gasteiger partial charge is 0.264 e. The van der Waals surface area contributed by atoms with Crippen LogP contribution in [0.2, 0.25) is 0 Å². The highest BCUT2D eigenvalue weighted by Gasteiger charge is 2.26. The fourth-order valence-electron chi connectivity index (χ4n) is 4.02. The highest BCUT2D eigenvalue weighted by Crippen LogP contribution is 2.36. The highest BCUT2D eigenvalue weighted by molar-refractivity contribution is 7.14. The van der Waals surface area contributed by atoms with E-state index in [-0.39, 0.29) is 5.91 Å². The summed E-state index contributed by atoms with van der Waals surface area (Å²) >= 11 is 1.50. The molecule has 3 aromatic rings. The van der Waals surface area contributed by atoms with Crippen LogP contribution in [-0.4, -0.2) is 35.9 Å². The summed E-state index contributed by atoms with van der Waals surface area (Å²) in [6.45, 7) is 10.6. The minimum Gasteiger partial charge on any atom is -0.306 e. The van der Waals surface area contributed by atoms with E-state index in [0.29, 0.717) is 16.6 Å². The minimum absolute atomic E-state index is 0.0623. The van der Waals surface area contributed by atoms with Gasteiger partial charge in [-0.05, 0) is 82.1 Å². The Labute approximate surface area is 188 Å². The molecule has 1 fully saturated rings. The second-order valence-electron chi connectivity index (χ2n) is 8.41. The molecule has 4 rings (SSSR count). The van der Waals surface area contributed by atoms with Crippen LogP contribution in [0.5, 0.6) is 0 Å². The van der Waals surface area contributed by atoms with Crippen LogP contribution in [0.15, 0.2) is 60.5 Å². The van der Waals surface area contributed by atoms with Gasteiger partial charge in [-0.3, -0.25) is 9.69 Å². The Balaban J connectivity index is 1.68. The van der Waals surface area contributed by atoms with Crippen molar-refractivity contribution in [3.63, 3.8) is 0 Å². The predicted octanol–water partition coefficient (Wildman–Crippen LogP) is 6.09. The number of allylic oxidation sites excluding steroid dienone is 1. The van der Waals surface area contributed by atoms with Crippen LogP contribution in [-0.2, 0) is 0 Å². The third-order valence-electron chi connectivity index (χ3n) is 6.09. The van der Waals surface area contributed by atoms with Gasteiger partial charge in [0, 0.05) is 10.9 Å². The molecule has 31 heavy (non-hydrogen) atoms. The van der Waals surface area contributed by atoms with Gasteiger partial charge in [0.2, 0.25) is 0 Å². The van der Waals surface area contributed by atoms with E-state index in [1.807, 2.05) is 67.8 Å². The number of thiazole rings is 1. The molecule has 0 N–H and O–H groups in total. The molecule has 0 atom stereocenters. The number of aryl methyl sites for hydroxylation is 2. The molecule has 2 heterocycles. The Hall–Kier alpha value is -2.76. The first kappa shape index (κ1) is 21.5. The summed E-state index contributed by atoms with van der Waals surface area (Å²) in [5.41, 5.74) is 5.62. The Morgan fingerprint density at radius 3 is 2.45 bits per heavy atom. The van der Waals surface area contributed by atoms with Crippen molar-refractivity contribution in [2.75, 3.05) is 25.0 Å². The number of amides is 1. The molecule has 0 saturated carbocycles. The fourth-order valence-corrected chi connectivity index (χ4v) is 4.89. The van der Waals surface area contributed by atoms with Crippen molar-refractivity contribution >= 4 is 33.6 Å². The molecule has 5 heteroatoms. The maximum atomic E-state index is 13.6. The Morgan fingerprint density at radius 2 is 1.77 bits per heavy atom. The molecule has 1 aliphatic rings. The Bertz CT molecular complexity index is 1080. The van der Waals surface area contributed by atoms with Crippen LogP contribution in [0, 0.1) is 19.8 Å². The van der Waals surface area contributed by atoms with Gasteiger partial charge in [0.05, 0.1) is 11.4 Å². The van der Waals surface area contributed by atoms with Crippen molar-refractivity contribution in [3.05, 3.63) is 82.9 Å². The molecule has 4 nitrogen and oxygen atoms in total. The summed E-state index contributed by atoms with van der Waals surface area (Å²) in [6.07, 6.45) is 2.21. The molecule has 1 aromatic heterocycles. The lowest BCUT2D eigenvalue weighted by molar-refractivity contribution is 0.0998.